The molecular formula is C19H30N4O. The zero-order valence-corrected chi connectivity index (χ0v) is 15.1. The average Bonchev–Trinajstić information content (AvgIpc) is 3.34. The van der Waals surface area contributed by atoms with Crippen LogP contribution < -0.4 is 16.0 Å². The van der Waals surface area contributed by atoms with Crippen molar-refractivity contribution in [1.82, 2.24) is 10.6 Å². The summed E-state index contributed by atoms with van der Waals surface area (Å²) in [5.41, 5.74) is 1.92. The molecule has 132 valence electrons. The largest absolute Gasteiger partial charge is 0.357 e. The van der Waals surface area contributed by atoms with Crippen molar-refractivity contribution in [3.63, 3.8) is 0 Å². The van der Waals surface area contributed by atoms with E-state index in [0.717, 1.165) is 36.2 Å². The van der Waals surface area contributed by atoms with E-state index in [0.29, 0.717) is 18.9 Å². The van der Waals surface area contributed by atoms with Gasteiger partial charge < -0.3 is 16.0 Å². The fraction of sp³-hybridized carbons (Fsp3) is 0.579. The number of carbonyl (C=O) groups excluding carboxylic acids is 1. The molecule has 0 radical (unpaired) electrons. The summed E-state index contributed by atoms with van der Waals surface area (Å²) in [4.78, 5) is 16.5. The van der Waals surface area contributed by atoms with Crippen LogP contribution in [0.1, 0.15) is 45.6 Å². The second-order valence-electron chi connectivity index (χ2n) is 6.87. The molecule has 24 heavy (non-hydrogen) atoms. The molecule has 0 bridgehead atoms. The van der Waals surface area contributed by atoms with Crippen molar-refractivity contribution in [2.24, 2.45) is 16.8 Å². The number of hydrogen-bond acceptors (Lipinski definition) is 2. The number of nitrogens with one attached hydrogen (secondary N) is 3. The predicted molar refractivity (Wildman–Crippen MR) is 100 cm³/mol. The number of rotatable bonds is 8. The third-order valence-corrected chi connectivity index (χ3v) is 3.82. The van der Waals surface area contributed by atoms with Crippen LogP contribution >= 0.6 is 0 Å². The minimum atomic E-state index is 0.0603. The van der Waals surface area contributed by atoms with Gasteiger partial charge in [-0.1, -0.05) is 26.0 Å². The molecule has 1 amide bonds. The number of amides is 1. The molecular weight excluding hydrogens is 300 g/mol. The predicted octanol–water partition coefficient (Wildman–Crippen LogP) is 3.14. The molecule has 0 aliphatic heterocycles. The molecule has 0 aromatic heterocycles. The van der Waals surface area contributed by atoms with Gasteiger partial charge in [0.1, 0.15) is 0 Å². The van der Waals surface area contributed by atoms with Gasteiger partial charge in [-0.05, 0) is 49.3 Å². The van der Waals surface area contributed by atoms with E-state index in [4.69, 9.17) is 0 Å². The first kappa shape index (κ1) is 18.3. The number of hydrogen-bond donors (Lipinski definition) is 3. The molecule has 1 aliphatic carbocycles. The van der Waals surface area contributed by atoms with Crippen LogP contribution in [0.25, 0.3) is 0 Å². The van der Waals surface area contributed by atoms with Crippen molar-refractivity contribution in [3.05, 3.63) is 29.8 Å². The van der Waals surface area contributed by atoms with Gasteiger partial charge in [0.2, 0.25) is 5.91 Å². The van der Waals surface area contributed by atoms with Gasteiger partial charge in [-0.2, -0.15) is 0 Å². The Hall–Kier alpha value is -2.04. The maximum Gasteiger partial charge on any atom is 0.224 e. The van der Waals surface area contributed by atoms with E-state index in [9.17, 15) is 4.79 Å². The standard InChI is InChI=1S/C19H30N4O/c1-4-20-19(21-12-15-8-9-15)22-13-16-6-5-7-17(11-16)23-18(24)10-14(2)3/h5-7,11,14-15H,4,8-10,12-13H2,1-3H3,(H,23,24)(H2,20,21,22). The van der Waals surface area contributed by atoms with Crippen LogP contribution in [-0.4, -0.2) is 25.0 Å². The zero-order valence-electron chi connectivity index (χ0n) is 15.1. The summed E-state index contributed by atoms with van der Waals surface area (Å²) in [7, 11) is 0. The highest BCUT2D eigenvalue weighted by Crippen LogP contribution is 2.27. The van der Waals surface area contributed by atoms with Gasteiger partial charge in [0.25, 0.3) is 0 Å². The molecule has 3 N–H and O–H groups in total. The second-order valence-corrected chi connectivity index (χ2v) is 6.87. The molecule has 0 spiro atoms. The summed E-state index contributed by atoms with van der Waals surface area (Å²) in [5.74, 6) is 2.09. The van der Waals surface area contributed by atoms with E-state index in [1.807, 2.05) is 38.1 Å². The van der Waals surface area contributed by atoms with Crippen molar-refractivity contribution in [1.29, 1.82) is 0 Å². The van der Waals surface area contributed by atoms with Crippen molar-refractivity contribution >= 4 is 17.6 Å². The number of anilines is 1. The lowest BCUT2D eigenvalue weighted by atomic mass is 10.1. The molecule has 0 heterocycles. The van der Waals surface area contributed by atoms with Gasteiger partial charge in [0.05, 0.1) is 6.54 Å². The molecule has 1 aromatic rings. The maximum atomic E-state index is 11.9. The SMILES string of the molecule is CCNC(=NCc1cccc(NC(=O)CC(C)C)c1)NCC1CC1. The molecule has 1 aromatic carbocycles. The van der Waals surface area contributed by atoms with Gasteiger partial charge in [-0.3, -0.25) is 4.79 Å². The molecule has 1 aliphatic rings. The highest BCUT2D eigenvalue weighted by Gasteiger charge is 2.21. The summed E-state index contributed by atoms with van der Waals surface area (Å²) in [6.07, 6.45) is 3.19. The summed E-state index contributed by atoms with van der Waals surface area (Å²) >= 11 is 0. The van der Waals surface area contributed by atoms with E-state index in [1.54, 1.807) is 0 Å². The smallest absolute Gasteiger partial charge is 0.224 e. The molecule has 2 rings (SSSR count). The molecule has 0 atom stereocenters. The molecule has 0 saturated heterocycles. The number of benzene rings is 1. The Labute approximate surface area is 145 Å². The average molecular weight is 330 g/mol. The minimum Gasteiger partial charge on any atom is -0.357 e. The molecule has 1 saturated carbocycles. The molecule has 1 fully saturated rings. The van der Waals surface area contributed by atoms with Gasteiger partial charge in [0, 0.05) is 25.2 Å². The molecule has 5 nitrogen and oxygen atoms in total. The van der Waals surface area contributed by atoms with Crippen LogP contribution in [-0.2, 0) is 11.3 Å². The van der Waals surface area contributed by atoms with Gasteiger partial charge >= 0.3 is 0 Å². The van der Waals surface area contributed by atoms with E-state index < -0.39 is 0 Å². The highest BCUT2D eigenvalue weighted by molar-refractivity contribution is 5.90. The molecule has 5 heteroatoms. The van der Waals surface area contributed by atoms with Gasteiger partial charge in [-0.15, -0.1) is 0 Å². The first-order chi connectivity index (χ1) is 11.6. The maximum absolute atomic E-state index is 11.9. The lowest BCUT2D eigenvalue weighted by molar-refractivity contribution is -0.116. The Kier molecular flexibility index (Phi) is 7.09. The second kappa shape index (κ2) is 9.30. The third-order valence-electron chi connectivity index (χ3n) is 3.82. The van der Waals surface area contributed by atoms with E-state index in [2.05, 4.69) is 27.9 Å². The number of aliphatic imine (C=N–C) groups is 1. The summed E-state index contributed by atoms with van der Waals surface area (Å²) < 4.78 is 0. The first-order valence-corrected chi connectivity index (χ1v) is 8.97. The zero-order chi connectivity index (χ0) is 17.4. The van der Waals surface area contributed by atoms with Gasteiger partial charge in [0.15, 0.2) is 5.96 Å². The Morgan fingerprint density at radius 3 is 2.75 bits per heavy atom. The lowest BCUT2D eigenvalue weighted by Gasteiger charge is -2.11. The van der Waals surface area contributed by atoms with Crippen LogP contribution in [0.3, 0.4) is 0 Å². The van der Waals surface area contributed by atoms with Crippen molar-refractivity contribution in [3.8, 4) is 0 Å². The van der Waals surface area contributed by atoms with Crippen LogP contribution in [0.2, 0.25) is 0 Å². The van der Waals surface area contributed by atoms with Gasteiger partial charge in [-0.25, -0.2) is 4.99 Å². The number of carbonyl (C=O) groups is 1. The fourth-order valence-electron chi connectivity index (χ4n) is 2.41. The van der Waals surface area contributed by atoms with Crippen LogP contribution in [0.5, 0.6) is 0 Å². The van der Waals surface area contributed by atoms with E-state index in [-0.39, 0.29) is 5.91 Å². The van der Waals surface area contributed by atoms with Crippen molar-refractivity contribution in [2.45, 2.75) is 46.6 Å². The summed E-state index contributed by atoms with van der Waals surface area (Å²) in [5, 5.41) is 9.62. The summed E-state index contributed by atoms with van der Waals surface area (Å²) in [6, 6.07) is 7.90. The highest BCUT2D eigenvalue weighted by atomic mass is 16.1. The Bertz CT molecular complexity index is 564. The number of nitrogens with zero attached hydrogens (tertiary/aromatic N) is 1. The van der Waals surface area contributed by atoms with Crippen molar-refractivity contribution in [2.75, 3.05) is 18.4 Å². The Morgan fingerprint density at radius 1 is 1.29 bits per heavy atom. The fourth-order valence-corrected chi connectivity index (χ4v) is 2.41. The van der Waals surface area contributed by atoms with E-state index >= 15 is 0 Å². The normalized spacial score (nSPS) is 14.6. The monoisotopic (exact) mass is 330 g/mol. The van der Waals surface area contributed by atoms with E-state index in [1.165, 1.54) is 12.8 Å². The topological polar surface area (TPSA) is 65.5 Å². The van der Waals surface area contributed by atoms with Crippen LogP contribution in [0.4, 0.5) is 5.69 Å². The minimum absolute atomic E-state index is 0.0603. The van der Waals surface area contributed by atoms with Crippen molar-refractivity contribution < 1.29 is 4.79 Å². The third kappa shape index (κ3) is 7.02. The Morgan fingerprint density at radius 2 is 2.08 bits per heavy atom. The lowest BCUT2D eigenvalue weighted by Crippen LogP contribution is -2.38. The van der Waals surface area contributed by atoms with Crippen LogP contribution in [0.15, 0.2) is 29.3 Å². The summed E-state index contributed by atoms with van der Waals surface area (Å²) in [6.45, 7) is 8.59. The quantitative estimate of drug-likeness (QED) is 0.507. The Balaban J connectivity index is 1.91. The first-order valence-electron chi connectivity index (χ1n) is 8.97. The molecule has 0 unspecified atom stereocenters. The van der Waals surface area contributed by atoms with Crippen LogP contribution in [0, 0.1) is 11.8 Å². The number of guanidine groups is 1.